The van der Waals surface area contributed by atoms with Gasteiger partial charge in [-0.15, -0.1) is 5.10 Å². The molecule has 0 radical (unpaired) electrons. The number of amides is 1. The van der Waals surface area contributed by atoms with Crippen LogP contribution in [-0.4, -0.2) is 32.9 Å². The first kappa shape index (κ1) is 15.6. The van der Waals surface area contributed by atoms with Gasteiger partial charge in [0.1, 0.15) is 0 Å². The van der Waals surface area contributed by atoms with Crippen molar-refractivity contribution in [2.75, 3.05) is 6.54 Å². The summed E-state index contributed by atoms with van der Waals surface area (Å²) in [6.07, 6.45) is 1.02. The summed E-state index contributed by atoms with van der Waals surface area (Å²) >= 11 is 1.35. The minimum Gasteiger partial charge on any atom is -0.355 e. The molecule has 1 heterocycles. The number of hydrogen-bond donors (Lipinski definition) is 2. The van der Waals surface area contributed by atoms with E-state index < -0.39 is 0 Å². The van der Waals surface area contributed by atoms with E-state index in [9.17, 15) is 4.79 Å². The number of rotatable bonds is 6. The molecule has 0 bridgehead atoms. The molecule has 2 N–H and O–H groups in total. The maximum absolute atomic E-state index is 11.7. The lowest BCUT2D eigenvalue weighted by Crippen LogP contribution is -2.30. The summed E-state index contributed by atoms with van der Waals surface area (Å²) in [5.41, 5.74) is 2.29. The predicted octanol–water partition coefficient (Wildman–Crippen LogP) is 2.65. The fraction of sp³-hybridized carbons (Fsp3) is 0.400. The Bertz CT molecular complexity index is 594. The Morgan fingerprint density at radius 2 is 2.05 bits per heavy atom. The molecule has 1 atom stereocenters. The summed E-state index contributed by atoms with van der Waals surface area (Å²) in [6, 6.07) is 8.23. The van der Waals surface area contributed by atoms with Crippen LogP contribution < -0.4 is 5.32 Å². The molecule has 0 unspecified atom stereocenters. The van der Waals surface area contributed by atoms with Crippen LogP contribution in [0.3, 0.4) is 0 Å². The fourth-order valence-electron chi connectivity index (χ4n) is 1.86. The topological polar surface area (TPSA) is 70.7 Å². The van der Waals surface area contributed by atoms with Crippen molar-refractivity contribution < 1.29 is 4.79 Å². The molecule has 0 saturated carbocycles. The molecule has 6 heteroatoms. The lowest BCUT2D eigenvalue weighted by Gasteiger charge is -2.07. The van der Waals surface area contributed by atoms with E-state index in [-0.39, 0.29) is 11.2 Å². The van der Waals surface area contributed by atoms with Gasteiger partial charge in [-0.2, -0.15) is 0 Å². The van der Waals surface area contributed by atoms with Crippen LogP contribution >= 0.6 is 11.8 Å². The number of aromatic amines is 1. The van der Waals surface area contributed by atoms with Crippen molar-refractivity contribution in [3.8, 4) is 11.4 Å². The van der Waals surface area contributed by atoms with E-state index in [1.165, 1.54) is 17.3 Å². The van der Waals surface area contributed by atoms with E-state index in [4.69, 9.17) is 0 Å². The Labute approximate surface area is 128 Å². The summed E-state index contributed by atoms with van der Waals surface area (Å²) < 4.78 is 0. The third kappa shape index (κ3) is 4.07. The Balaban J connectivity index is 2.05. The van der Waals surface area contributed by atoms with Crippen molar-refractivity contribution in [2.24, 2.45) is 0 Å². The van der Waals surface area contributed by atoms with Crippen LogP contribution in [0.25, 0.3) is 11.4 Å². The number of aromatic nitrogens is 3. The number of nitrogens with zero attached hydrogens (tertiary/aromatic N) is 2. The zero-order valence-electron chi connectivity index (χ0n) is 12.5. The number of nitrogens with one attached hydrogen (secondary N) is 2. The molecule has 2 rings (SSSR count). The highest BCUT2D eigenvalue weighted by Gasteiger charge is 2.16. The van der Waals surface area contributed by atoms with Gasteiger partial charge < -0.3 is 5.32 Å². The van der Waals surface area contributed by atoms with Crippen LogP contribution in [0.1, 0.15) is 26.3 Å². The Kier molecular flexibility index (Phi) is 5.38. The van der Waals surface area contributed by atoms with Crippen molar-refractivity contribution in [3.63, 3.8) is 0 Å². The number of benzene rings is 1. The molecule has 1 aromatic carbocycles. The third-order valence-electron chi connectivity index (χ3n) is 3.10. The second-order valence-corrected chi connectivity index (χ2v) is 5.98. The van der Waals surface area contributed by atoms with Crippen LogP contribution in [0.5, 0.6) is 0 Å². The van der Waals surface area contributed by atoms with Gasteiger partial charge in [-0.25, -0.2) is 4.98 Å². The average Bonchev–Trinajstić information content (AvgIpc) is 2.96. The standard InChI is InChI=1S/C15H20N4OS/c1-4-11-6-8-12(9-7-11)13-17-15(19-18-13)21-10(3)14(20)16-5-2/h6-10H,4-5H2,1-3H3,(H,16,20)(H,17,18,19)/t10-/m1/s1. The number of carbonyl (C=O) groups is 1. The van der Waals surface area contributed by atoms with Gasteiger partial charge in [-0.05, 0) is 25.8 Å². The van der Waals surface area contributed by atoms with Crippen molar-refractivity contribution in [1.82, 2.24) is 20.5 Å². The van der Waals surface area contributed by atoms with Gasteiger partial charge in [0.15, 0.2) is 5.82 Å². The van der Waals surface area contributed by atoms with Crippen LogP contribution in [0, 0.1) is 0 Å². The lowest BCUT2D eigenvalue weighted by molar-refractivity contribution is -0.120. The zero-order chi connectivity index (χ0) is 15.2. The van der Waals surface area contributed by atoms with E-state index in [1.807, 2.05) is 26.0 Å². The Morgan fingerprint density at radius 3 is 2.67 bits per heavy atom. The predicted molar refractivity (Wildman–Crippen MR) is 85.2 cm³/mol. The Morgan fingerprint density at radius 1 is 1.33 bits per heavy atom. The van der Waals surface area contributed by atoms with Gasteiger partial charge in [0, 0.05) is 12.1 Å². The highest BCUT2D eigenvalue weighted by Crippen LogP contribution is 2.23. The molecule has 0 aliphatic heterocycles. The van der Waals surface area contributed by atoms with Gasteiger partial charge in [0.2, 0.25) is 11.1 Å². The largest absolute Gasteiger partial charge is 0.355 e. The minimum atomic E-state index is -0.212. The lowest BCUT2D eigenvalue weighted by atomic mass is 10.1. The maximum Gasteiger partial charge on any atom is 0.233 e. The quantitative estimate of drug-likeness (QED) is 0.805. The SMILES string of the molecule is CCNC(=O)[C@@H](C)Sc1n[nH]c(-c2ccc(CC)cc2)n1. The highest BCUT2D eigenvalue weighted by molar-refractivity contribution is 8.00. The molecule has 0 saturated heterocycles. The highest BCUT2D eigenvalue weighted by atomic mass is 32.2. The van der Waals surface area contributed by atoms with Crippen molar-refractivity contribution in [1.29, 1.82) is 0 Å². The molecule has 21 heavy (non-hydrogen) atoms. The first-order chi connectivity index (χ1) is 10.1. The molecule has 0 aliphatic rings. The van der Waals surface area contributed by atoms with Gasteiger partial charge in [-0.3, -0.25) is 9.89 Å². The van der Waals surface area contributed by atoms with E-state index in [1.54, 1.807) is 0 Å². The second kappa shape index (κ2) is 7.26. The molecule has 1 aromatic heterocycles. The summed E-state index contributed by atoms with van der Waals surface area (Å²) in [7, 11) is 0. The second-order valence-electron chi connectivity index (χ2n) is 4.67. The molecule has 112 valence electrons. The maximum atomic E-state index is 11.7. The zero-order valence-corrected chi connectivity index (χ0v) is 13.3. The number of hydrogen-bond acceptors (Lipinski definition) is 4. The van der Waals surface area contributed by atoms with Gasteiger partial charge in [-0.1, -0.05) is 43.0 Å². The van der Waals surface area contributed by atoms with Crippen LogP contribution in [0.2, 0.25) is 0 Å². The van der Waals surface area contributed by atoms with Crippen molar-refractivity contribution in [3.05, 3.63) is 29.8 Å². The average molecular weight is 304 g/mol. The van der Waals surface area contributed by atoms with Crippen LogP contribution in [-0.2, 0) is 11.2 Å². The van der Waals surface area contributed by atoms with E-state index in [0.29, 0.717) is 11.7 Å². The molecular weight excluding hydrogens is 284 g/mol. The van der Waals surface area contributed by atoms with Crippen LogP contribution in [0.4, 0.5) is 0 Å². The number of aryl methyl sites for hydroxylation is 1. The normalized spacial score (nSPS) is 12.1. The summed E-state index contributed by atoms with van der Waals surface area (Å²) in [5, 5.41) is 10.3. The Hall–Kier alpha value is -1.82. The van der Waals surface area contributed by atoms with Gasteiger partial charge in [0.25, 0.3) is 0 Å². The van der Waals surface area contributed by atoms with Gasteiger partial charge >= 0.3 is 0 Å². The first-order valence-electron chi connectivity index (χ1n) is 7.10. The third-order valence-corrected chi connectivity index (χ3v) is 4.06. The minimum absolute atomic E-state index is 0.00106. The molecule has 0 spiro atoms. The van der Waals surface area contributed by atoms with E-state index in [0.717, 1.165) is 17.8 Å². The van der Waals surface area contributed by atoms with Crippen molar-refractivity contribution >= 4 is 17.7 Å². The number of H-pyrrole nitrogens is 1. The van der Waals surface area contributed by atoms with Crippen molar-refractivity contribution in [2.45, 2.75) is 37.6 Å². The summed E-state index contributed by atoms with van der Waals surface area (Å²) in [4.78, 5) is 16.1. The fourth-order valence-corrected chi connectivity index (χ4v) is 2.61. The van der Waals surface area contributed by atoms with Gasteiger partial charge in [0.05, 0.1) is 5.25 Å². The van der Waals surface area contributed by atoms with Crippen LogP contribution in [0.15, 0.2) is 29.4 Å². The number of carbonyl (C=O) groups excluding carboxylic acids is 1. The summed E-state index contributed by atoms with van der Waals surface area (Å²) in [5.74, 6) is 0.726. The molecule has 1 amide bonds. The number of thioether (sulfide) groups is 1. The van der Waals surface area contributed by atoms with E-state index in [2.05, 4.69) is 39.6 Å². The summed E-state index contributed by atoms with van der Waals surface area (Å²) in [6.45, 7) is 6.51. The molecule has 0 aliphatic carbocycles. The molecular formula is C15H20N4OS. The smallest absolute Gasteiger partial charge is 0.233 e. The monoisotopic (exact) mass is 304 g/mol. The van der Waals surface area contributed by atoms with E-state index >= 15 is 0 Å². The molecule has 2 aromatic rings. The molecule has 0 fully saturated rings. The molecule has 5 nitrogen and oxygen atoms in total. The first-order valence-corrected chi connectivity index (χ1v) is 7.98.